The molecule has 4 N–H and O–H groups in total. The molecule has 2 aliphatic heterocycles. The number of carboxylic acid groups (broad SMARTS) is 1. The Hall–Kier alpha value is -3.45. The molecule has 280 valence electrons. The van der Waals surface area contributed by atoms with Crippen LogP contribution in [0.4, 0.5) is 11.4 Å². The third-order valence-corrected chi connectivity index (χ3v) is 12.1. The predicted octanol–water partition coefficient (Wildman–Crippen LogP) is 4.73. The lowest BCUT2D eigenvalue weighted by atomic mass is 9.75. The lowest BCUT2D eigenvalue weighted by Crippen LogP contribution is -2.32. The van der Waals surface area contributed by atoms with Crippen molar-refractivity contribution in [2.24, 2.45) is 0 Å². The van der Waals surface area contributed by atoms with Crippen LogP contribution in [0, 0.1) is 0 Å². The van der Waals surface area contributed by atoms with Gasteiger partial charge in [0.15, 0.2) is 12.3 Å². The number of fused-ring (bicyclic) bond motifs is 2. The van der Waals surface area contributed by atoms with Crippen molar-refractivity contribution in [3.8, 4) is 0 Å². The van der Waals surface area contributed by atoms with E-state index in [0.717, 1.165) is 11.4 Å². The van der Waals surface area contributed by atoms with Gasteiger partial charge in [0, 0.05) is 54.6 Å². The van der Waals surface area contributed by atoms with Crippen LogP contribution >= 0.6 is 0 Å². The van der Waals surface area contributed by atoms with Crippen LogP contribution < -0.4 is 4.90 Å². The Morgan fingerprint density at radius 1 is 0.882 bits per heavy atom. The van der Waals surface area contributed by atoms with E-state index in [0.29, 0.717) is 54.9 Å². The summed E-state index contributed by atoms with van der Waals surface area (Å²) >= 11 is 0. The Balaban J connectivity index is 1.83. The average Bonchev–Trinajstić information content (AvgIpc) is 3.37. The molecule has 2 aromatic rings. The second-order valence-electron chi connectivity index (χ2n) is 13.5. The maximum atomic E-state index is 12.1. The Labute approximate surface area is 299 Å². The highest BCUT2D eigenvalue weighted by molar-refractivity contribution is 7.86. The molecule has 17 heteroatoms. The standard InChI is InChI=1S/C34H44N2O12S3/c1-33(2)26-22-24(50(42,43)44)13-15-28(26)35(18-7-5-6-12-32(37)38)30(33)10-8-11-31-34(3,17-9-21-49(39,40)41)27-23-25(51(45,46)47)14-16-29(27)36(31)19-20-48-4/h8,10-11,13-16,22-23H,5-7,9,12,17-21H2,1-4H3,(H3-,37,38,39,40,41,42,43,44,45,46,47)/p+1. The first-order valence-corrected chi connectivity index (χ1v) is 20.8. The minimum Gasteiger partial charge on any atom is -0.481 e. The summed E-state index contributed by atoms with van der Waals surface area (Å²) < 4.78 is 108. The van der Waals surface area contributed by atoms with Crippen LogP contribution in [-0.2, 0) is 50.7 Å². The first-order valence-electron chi connectivity index (χ1n) is 16.3. The fourth-order valence-electron chi connectivity index (χ4n) is 7.00. The van der Waals surface area contributed by atoms with E-state index < -0.39 is 52.9 Å². The molecule has 2 aromatic carbocycles. The van der Waals surface area contributed by atoms with E-state index in [1.54, 1.807) is 18.2 Å². The molecule has 4 rings (SSSR count). The summed E-state index contributed by atoms with van der Waals surface area (Å²) in [5.74, 6) is -1.40. The van der Waals surface area contributed by atoms with Crippen LogP contribution in [0.5, 0.6) is 0 Å². The van der Waals surface area contributed by atoms with E-state index in [-0.39, 0.29) is 35.7 Å². The number of carboxylic acids is 1. The van der Waals surface area contributed by atoms with E-state index in [4.69, 9.17) is 9.84 Å². The monoisotopic (exact) mass is 769 g/mol. The second kappa shape index (κ2) is 15.3. The predicted molar refractivity (Wildman–Crippen MR) is 191 cm³/mol. The van der Waals surface area contributed by atoms with Crippen molar-refractivity contribution >= 4 is 53.4 Å². The van der Waals surface area contributed by atoms with Crippen molar-refractivity contribution in [3.05, 3.63) is 71.5 Å². The molecule has 0 aromatic heterocycles. The molecule has 1 unspecified atom stereocenters. The summed E-state index contributed by atoms with van der Waals surface area (Å²) in [7, 11) is -11.8. The Bertz CT molecular complexity index is 2100. The van der Waals surface area contributed by atoms with Crippen molar-refractivity contribution in [1.29, 1.82) is 0 Å². The zero-order valence-electron chi connectivity index (χ0n) is 28.9. The molecule has 1 atom stereocenters. The molecule has 51 heavy (non-hydrogen) atoms. The lowest BCUT2D eigenvalue weighted by Gasteiger charge is -2.27. The van der Waals surface area contributed by atoms with Crippen LogP contribution in [0.1, 0.15) is 70.4 Å². The highest BCUT2D eigenvalue weighted by Gasteiger charge is 2.48. The van der Waals surface area contributed by atoms with Crippen molar-refractivity contribution < 1.29 is 58.1 Å². The number of allylic oxidation sites excluding steroid dienone is 4. The molecule has 0 saturated carbocycles. The van der Waals surface area contributed by atoms with Crippen LogP contribution in [-0.4, -0.2) is 92.8 Å². The molecule has 0 aliphatic carbocycles. The molecule has 0 radical (unpaired) electrons. The number of rotatable bonds is 17. The van der Waals surface area contributed by atoms with E-state index in [2.05, 4.69) is 0 Å². The largest absolute Gasteiger partial charge is 0.481 e. The van der Waals surface area contributed by atoms with Gasteiger partial charge in [0.25, 0.3) is 30.4 Å². The second-order valence-corrected chi connectivity index (χ2v) is 17.9. The molecule has 14 nitrogen and oxygen atoms in total. The summed E-state index contributed by atoms with van der Waals surface area (Å²) in [4.78, 5) is 12.5. The first kappa shape index (κ1) is 40.3. The minimum atomic E-state index is -4.58. The van der Waals surface area contributed by atoms with Crippen molar-refractivity contribution in [2.45, 2.75) is 79.9 Å². The third-order valence-electron chi connectivity index (χ3n) is 9.55. The molecule has 0 amide bonds. The number of anilines is 1. The van der Waals surface area contributed by atoms with Crippen LogP contribution in [0.3, 0.4) is 0 Å². The normalized spacial score (nSPS) is 19.7. The highest BCUT2D eigenvalue weighted by atomic mass is 32.2. The van der Waals surface area contributed by atoms with Crippen molar-refractivity contribution in [2.75, 3.05) is 37.5 Å². The number of hydrogen-bond donors (Lipinski definition) is 4. The number of methoxy groups -OCH3 is 1. The van der Waals surface area contributed by atoms with Crippen molar-refractivity contribution in [3.63, 3.8) is 0 Å². The zero-order valence-corrected chi connectivity index (χ0v) is 31.4. The Kier molecular flexibility index (Phi) is 12.1. The fraction of sp³-hybridized carbons (Fsp3) is 0.471. The molecule has 0 spiro atoms. The van der Waals surface area contributed by atoms with E-state index in [1.165, 1.54) is 31.4 Å². The number of aliphatic carboxylic acids is 1. The maximum absolute atomic E-state index is 12.1. The number of carbonyl (C=O) groups is 1. The van der Waals surface area contributed by atoms with Gasteiger partial charge in [0.05, 0.1) is 21.0 Å². The lowest BCUT2D eigenvalue weighted by molar-refractivity contribution is -0.441. The Morgan fingerprint density at radius 3 is 2.10 bits per heavy atom. The summed E-state index contributed by atoms with van der Waals surface area (Å²) in [6.07, 6.45) is 7.55. The first-order chi connectivity index (χ1) is 23.6. The quantitative estimate of drug-likeness (QED) is 0.0974. The Morgan fingerprint density at radius 2 is 1.51 bits per heavy atom. The van der Waals surface area contributed by atoms with Crippen LogP contribution in [0.2, 0.25) is 0 Å². The third kappa shape index (κ3) is 9.14. The molecule has 0 saturated heterocycles. The highest BCUT2D eigenvalue weighted by Crippen LogP contribution is 2.49. The van der Waals surface area contributed by atoms with Gasteiger partial charge >= 0.3 is 5.97 Å². The van der Waals surface area contributed by atoms with Gasteiger partial charge in [-0.25, -0.2) is 0 Å². The van der Waals surface area contributed by atoms with Gasteiger partial charge in [0.1, 0.15) is 6.61 Å². The van der Waals surface area contributed by atoms with E-state index >= 15 is 0 Å². The van der Waals surface area contributed by atoms with Gasteiger partial charge in [-0.15, -0.1) is 0 Å². The minimum absolute atomic E-state index is 0.0372. The maximum Gasteiger partial charge on any atom is 0.303 e. The van der Waals surface area contributed by atoms with Crippen molar-refractivity contribution in [1.82, 2.24) is 0 Å². The van der Waals surface area contributed by atoms with Gasteiger partial charge in [-0.3, -0.25) is 18.5 Å². The zero-order chi connectivity index (χ0) is 38.0. The molecule has 0 bridgehead atoms. The molecule has 0 fully saturated rings. The van der Waals surface area contributed by atoms with E-state index in [1.807, 2.05) is 42.4 Å². The summed E-state index contributed by atoms with van der Waals surface area (Å²) in [5.41, 5.74) is 2.31. The van der Waals surface area contributed by atoms with Crippen LogP contribution in [0.15, 0.2) is 70.1 Å². The van der Waals surface area contributed by atoms with Gasteiger partial charge in [0.2, 0.25) is 5.69 Å². The summed E-state index contributed by atoms with van der Waals surface area (Å²) in [6, 6.07) is 8.64. The van der Waals surface area contributed by atoms with Gasteiger partial charge in [-0.1, -0.05) is 26.3 Å². The molecule has 2 aliphatic rings. The number of benzene rings is 2. The fourth-order valence-corrected chi connectivity index (χ4v) is 8.52. The average molecular weight is 770 g/mol. The SMILES string of the molecule is COCC[N+]1=C(/C=C/C=C2/N(CCCCCC(=O)O)c3ccc(S(=O)(=O)O)cc3C2(C)C)C(C)(CCCS(=O)(=O)O)c2cc(S(=O)(=O)O)ccc21. The van der Waals surface area contributed by atoms with Crippen LogP contribution in [0.25, 0.3) is 0 Å². The van der Waals surface area contributed by atoms with E-state index in [9.17, 15) is 43.7 Å². The number of hydrogen-bond acceptors (Lipinski definition) is 9. The molecular formula is C34H45N2O12S3+. The molecular weight excluding hydrogens is 725 g/mol. The number of unbranched alkanes of at least 4 members (excludes halogenated alkanes) is 2. The topological polar surface area (TPSA) is 216 Å². The van der Waals surface area contributed by atoms with Gasteiger partial charge in [-0.2, -0.15) is 29.8 Å². The van der Waals surface area contributed by atoms with Gasteiger partial charge < -0.3 is 14.7 Å². The number of nitrogens with zero attached hydrogens (tertiary/aromatic N) is 2. The summed E-state index contributed by atoms with van der Waals surface area (Å²) in [5, 5.41) is 9.05. The smallest absolute Gasteiger partial charge is 0.303 e. The molecule has 2 heterocycles. The van der Waals surface area contributed by atoms with Gasteiger partial charge in [-0.05, 0) is 74.6 Å². The number of ether oxygens (including phenoxy) is 1. The summed E-state index contributed by atoms with van der Waals surface area (Å²) in [6.45, 7) is 6.80.